The number of hydrogen-bond donors (Lipinski definition) is 1. The van der Waals surface area contributed by atoms with Crippen LogP contribution >= 0.6 is 27.3 Å². The molecule has 0 saturated carbocycles. The molecule has 1 nitrogen and oxygen atoms in total. The van der Waals surface area contributed by atoms with Crippen LogP contribution in [0.2, 0.25) is 0 Å². The quantitative estimate of drug-likeness (QED) is 0.674. The Morgan fingerprint density at radius 3 is 2.14 bits per heavy atom. The van der Waals surface area contributed by atoms with Crippen LogP contribution in [0.25, 0.3) is 10.1 Å². The van der Waals surface area contributed by atoms with E-state index in [0.717, 1.165) is 16.7 Å². The van der Waals surface area contributed by atoms with Crippen molar-refractivity contribution in [2.45, 2.75) is 18.5 Å². The molecule has 0 aliphatic heterocycles. The SMILES string of the molecule is OC(c1csc2c(Br)cccc12)C(C(F)(F)F)C(F)(F)F. The summed E-state index contributed by atoms with van der Waals surface area (Å²) in [6.45, 7) is 0. The van der Waals surface area contributed by atoms with Gasteiger partial charge in [0.05, 0.1) is 0 Å². The maximum absolute atomic E-state index is 12.7. The summed E-state index contributed by atoms with van der Waals surface area (Å²) in [5.41, 5.74) is -0.379. The highest BCUT2D eigenvalue weighted by atomic mass is 79.9. The van der Waals surface area contributed by atoms with Crippen molar-refractivity contribution in [3.8, 4) is 0 Å². The van der Waals surface area contributed by atoms with E-state index >= 15 is 0 Å². The van der Waals surface area contributed by atoms with E-state index in [1.807, 2.05) is 0 Å². The first-order valence-electron chi connectivity index (χ1n) is 5.50. The molecule has 1 heterocycles. The van der Waals surface area contributed by atoms with Crippen LogP contribution in [0.15, 0.2) is 28.1 Å². The van der Waals surface area contributed by atoms with Gasteiger partial charge in [0, 0.05) is 14.7 Å². The Morgan fingerprint density at radius 2 is 1.62 bits per heavy atom. The molecule has 0 fully saturated rings. The fourth-order valence-corrected chi connectivity index (χ4v) is 3.65. The van der Waals surface area contributed by atoms with Crippen LogP contribution in [-0.4, -0.2) is 17.5 Å². The molecule has 0 spiro atoms. The van der Waals surface area contributed by atoms with E-state index in [0.29, 0.717) is 9.17 Å². The second-order valence-corrected chi connectivity index (χ2v) is 6.05. The third kappa shape index (κ3) is 3.19. The summed E-state index contributed by atoms with van der Waals surface area (Å²) in [6, 6.07) is 4.46. The largest absolute Gasteiger partial charge is 0.403 e. The lowest BCUT2D eigenvalue weighted by Crippen LogP contribution is -2.40. The fraction of sp³-hybridized carbons (Fsp3) is 0.333. The maximum atomic E-state index is 12.7. The molecule has 1 N–H and O–H groups in total. The third-order valence-electron chi connectivity index (χ3n) is 2.92. The number of aliphatic hydroxyl groups is 1. The molecular formula is C12H7BrF6OS. The molecule has 1 aromatic heterocycles. The number of hydrogen-bond acceptors (Lipinski definition) is 2. The highest BCUT2D eigenvalue weighted by molar-refractivity contribution is 9.10. The minimum Gasteiger partial charge on any atom is -0.387 e. The molecule has 2 rings (SSSR count). The van der Waals surface area contributed by atoms with Crippen LogP contribution in [0.3, 0.4) is 0 Å². The van der Waals surface area contributed by atoms with Crippen molar-refractivity contribution in [3.63, 3.8) is 0 Å². The average Bonchev–Trinajstić information content (AvgIpc) is 2.69. The van der Waals surface area contributed by atoms with Gasteiger partial charge in [0.2, 0.25) is 0 Å². The van der Waals surface area contributed by atoms with Crippen LogP contribution in [0, 0.1) is 5.92 Å². The summed E-state index contributed by atoms with van der Waals surface area (Å²) >= 11 is 4.13. The predicted molar refractivity (Wildman–Crippen MR) is 70.1 cm³/mol. The van der Waals surface area contributed by atoms with Gasteiger partial charge < -0.3 is 5.11 Å². The molecule has 9 heteroatoms. The molecule has 1 atom stereocenters. The predicted octanol–water partition coefficient (Wildman–Crippen LogP) is 5.44. The van der Waals surface area contributed by atoms with Crippen molar-refractivity contribution in [2.75, 3.05) is 0 Å². The Hall–Kier alpha value is -0.800. The number of fused-ring (bicyclic) bond motifs is 1. The number of halogens is 7. The van der Waals surface area contributed by atoms with Crippen LogP contribution in [0.1, 0.15) is 11.7 Å². The number of aliphatic hydroxyl groups excluding tert-OH is 1. The number of alkyl halides is 6. The van der Waals surface area contributed by atoms with Gasteiger partial charge >= 0.3 is 12.4 Å². The van der Waals surface area contributed by atoms with Gasteiger partial charge in [-0.25, -0.2) is 0 Å². The van der Waals surface area contributed by atoms with Gasteiger partial charge in [0.15, 0.2) is 5.92 Å². The second-order valence-electron chi connectivity index (χ2n) is 4.31. The molecular weight excluding hydrogens is 386 g/mol. The first-order chi connectivity index (χ1) is 9.53. The van der Waals surface area contributed by atoms with Crippen molar-refractivity contribution in [1.29, 1.82) is 0 Å². The average molecular weight is 393 g/mol. The molecule has 2 aromatic rings. The summed E-state index contributed by atoms with van der Waals surface area (Å²) < 4.78 is 76.9. The minimum atomic E-state index is -5.59. The normalized spacial score (nSPS) is 14.9. The Morgan fingerprint density at radius 1 is 1.05 bits per heavy atom. The molecule has 0 saturated heterocycles. The van der Waals surface area contributed by atoms with E-state index in [-0.39, 0.29) is 10.9 Å². The van der Waals surface area contributed by atoms with E-state index in [1.165, 1.54) is 12.1 Å². The zero-order valence-corrected chi connectivity index (χ0v) is 12.4. The fourth-order valence-electron chi connectivity index (χ4n) is 1.99. The van der Waals surface area contributed by atoms with Crippen molar-refractivity contribution < 1.29 is 31.4 Å². The molecule has 1 aromatic carbocycles. The Bertz CT molecular complexity index is 633. The van der Waals surface area contributed by atoms with E-state index in [9.17, 15) is 31.4 Å². The van der Waals surface area contributed by atoms with Crippen LogP contribution in [0.5, 0.6) is 0 Å². The van der Waals surface area contributed by atoms with E-state index in [2.05, 4.69) is 15.9 Å². The highest BCUT2D eigenvalue weighted by Gasteiger charge is 2.60. The minimum absolute atomic E-state index is 0.167. The van der Waals surface area contributed by atoms with Gasteiger partial charge in [0.1, 0.15) is 6.10 Å². The first kappa shape index (κ1) is 16.6. The van der Waals surface area contributed by atoms with Crippen LogP contribution in [0.4, 0.5) is 26.3 Å². The van der Waals surface area contributed by atoms with Gasteiger partial charge in [-0.1, -0.05) is 12.1 Å². The van der Waals surface area contributed by atoms with E-state index in [4.69, 9.17) is 0 Å². The number of benzene rings is 1. The zero-order chi connectivity index (χ0) is 16.0. The summed E-state index contributed by atoms with van der Waals surface area (Å²) in [7, 11) is 0. The van der Waals surface area contributed by atoms with Crippen molar-refractivity contribution >= 4 is 37.4 Å². The molecule has 0 aliphatic rings. The molecule has 0 bridgehead atoms. The number of thiophene rings is 1. The van der Waals surface area contributed by atoms with Gasteiger partial charge in [-0.15, -0.1) is 11.3 Å². The van der Waals surface area contributed by atoms with Crippen LogP contribution in [-0.2, 0) is 0 Å². The highest BCUT2D eigenvalue weighted by Crippen LogP contribution is 2.48. The Kier molecular flexibility index (Phi) is 4.29. The monoisotopic (exact) mass is 392 g/mol. The molecule has 0 aliphatic carbocycles. The summed E-state index contributed by atoms with van der Waals surface area (Å²) in [5.74, 6) is -3.82. The van der Waals surface area contributed by atoms with Gasteiger partial charge in [-0.3, -0.25) is 0 Å². The molecule has 0 radical (unpaired) electrons. The van der Waals surface area contributed by atoms with Crippen molar-refractivity contribution in [3.05, 3.63) is 33.6 Å². The standard InChI is InChI=1S/C12H7BrF6OS/c13-7-3-1-2-5-6(4-21-9(5)7)8(20)10(11(14,15)16)12(17,18)19/h1-4,8,10,20H. The third-order valence-corrected chi connectivity index (χ3v) is 4.89. The molecule has 0 amide bonds. The van der Waals surface area contributed by atoms with Crippen LogP contribution < -0.4 is 0 Å². The van der Waals surface area contributed by atoms with E-state index < -0.39 is 24.4 Å². The lowest BCUT2D eigenvalue weighted by molar-refractivity contribution is -0.307. The smallest absolute Gasteiger partial charge is 0.387 e. The lowest BCUT2D eigenvalue weighted by Gasteiger charge is -2.27. The Labute approximate surface area is 127 Å². The van der Waals surface area contributed by atoms with Crippen molar-refractivity contribution in [2.24, 2.45) is 5.92 Å². The Balaban J connectivity index is 2.54. The molecule has 116 valence electrons. The summed E-state index contributed by atoms with van der Waals surface area (Å²) in [4.78, 5) is 0. The van der Waals surface area contributed by atoms with Gasteiger partial charge in [-0.2, -0.15) is 26.3 Å². The van der Waals surface area contributed by atoms with Crippen molar-refractivity contribution in [1.82, 2.24) is 0 Å². The summed E-state index contributed by atoms with van der Waals surface area (Å²) in [6.07, 6.45) is -13.9. The first-order valence-corrected chi connectivity index (χ1v) is 7.18. The molecule has 21 heavy (non-hydrogen) atoms. The lowest BCUT2D eigenvalue weighted by atomic mass is 9.94. The van der Waals surface area contributed by atoms with Gasteiger partial charge in [-0.05, 0) is 32.8 Å². The molecule has 1 unspecified atom stereocenters. The summed E-state index contributed by atoms with van der Waals surface area (Å²) in [5, 5.41) is 11.0. The topological polar surface area (TPSA) is 20.2 Å². The zero-order valence-electron chi connectivity index (χ0n) is 9.97. The second kappa shape index (κ2) is 5.44. The number of rotatable bonds is 2. The van der Waals surface area contributed by atoms with E-state index in [1.54, 1.807) is 6.07 Å². The maximum Gasteiger partial charge on any atom is 0.403 e. The van der Waals surface area contributed by atoms with Gasteiger partial charge in [0.25, 0.3) is 0 Å².